The number of nitrogens with one attached hydrogen (secondary N) is 1. The van der Waals surface area contributed by atoms with Gasteiger partial charge in [-0.2, -0.15) is 5.10 Å². The number of carbonyl (C=O) groups excluding carboxylic acids is 2. The van der Waals surface area contributed by atoms with Crippen molar-refractivity contribution in [1.82, 2.24) is 9.78 Å². The van der Waals surface area contributed by atoms with Gasteiger partial charge in [0.15, 0.2) is 0 Å². The molecule has 0 aliphatic rings. The first kappa shape index (κ1) is 22.7. The smallest absolute Gasteiger partial charge is 0.340 e. The Labute approximate surface area is 185 Å². The van der Waals surface area contributed by atoms with Crippen LogP contribution in [0.15, 0.2) is 65.5 Å². The van der Waals surface area contributed by atoms with E-state index in [9.17, 15) is 14.4 Å². The number of hydrogen-bond donors (Lipinski definition) is 1. The van der Waals surface area contributed by atoms with Crippen LogP contribution >= 0.6 is 0 Å². The van der Waals surface area contributed by atoms with Crippen molar-refractivity contribution in [3.63, 3.8) is 0 Å². The molecular formula is C24H25N3O5. The lowest BCUT2D eigenvalue weighted by Gasteiger charge is -2.11. The minimum absolute atomic E-state index is 0.165. The van der Waals surface area contributed by atoms with Crippen LogP contribution in [0.4, 0.5) is 5.69 Å². The first-order valence-electron chi connectivity index (χ1n) is 10.3. The van der Waals surface area contributed by atoms with Crippen molar-refractivity contribution in [3.05, 3.63) is 76.6 Å². The van der Waals surface area contributed by atoms with Crippen molar-refractivity contribution in [2.75, 3.05) is 19.0 Å². The lowest BCUT2D eigenvalue weighted by Crippen LogP contribution is -2.23. The minimum Gasteiger partial charge on any atom is -0.497 e. The predicted molar refractivity (Wildman–Crippen MR) is 121 cm³/mol. The third kappa shape index (κ3) is 5.81. The van der Waals surface area contributed by atoms with Gasteiger partial charge in [0.2, 0.25) is 5.91 Å². The minimum atomic E-state index is -0.491. The number of amides is 1. The summed E-state index contributed by atoms with van der Waals surface area (Å²) in [5.41, 5.74) is 1.96. The summed E-state index contributed by atoms with van der Waals surface area (Å²) in [6, 6.07) is 17.2. The van der Waals surface area contributed by atoms with Crippen molar-refractivity contribution in [2.45, 2.75) is 26.3 Å². The summed E-state index contributed by atoms with van der Waals surface area (Å²) >= 11 is 0. The fourth-order valence-electron chi connectivity index (χ4n) is 3.11. The van der Waals surface area contributed by atoms with Crippen molar-refractivity contribution < 1.29 is 19.1 Å². The number of benzene rings is 2. The Balaban J connectivity index is 1.61. The molecule has 0 aliphatic heterocycles. The summed E-state index contributed by atoms with van der Waals surface area (Å²) in [4.78, 5) is 36.6. The zero-order valence-corrected chi connectivity index (χ0v) is 18.0. The topological polar surface area (TPSA) is 99.5 Å². The lowest BCUT2D eigenvalue weighted by molar-refractivity contribution is -0.116. The summed E-state index contributed by atoms with van der Waals surface area (Å²) in [5, 5.41) is 7.15. The number of methoxy groups -OCH3 is 1. The van der Waals surface area contributed by atoms with Gasteiger partial charge in [0.1, 0.15) is 5.75 Å². The molecule has 0 radical (unpaired) electrons. The van der Waals surface area contributed by atoms with Crippen LogP contribution in [0.3, 0.4) is 0 Å². The van der Waals surface area contributed by atoms with Gasteiger partial charge in [0, 0.05) is 24.6 Å². The van der Waals surface area contributed by atoms with E-state index in [1.165, 1.54) is 10.7 Å². The zero-order chi connectivity index (χ0) is 22.9. The Morgan fingerprint density at radius 1 is 1.03 bits per heavy atom. The average molecular weight is 435 g/mol. The van der Waals surface area contributed by atoms with Crippen molar-refractivity contribution in [1.29, 1.82) is 0 Å². The number of nitrogens with zero attached hydrogens (tertiary/aromatic N) is 2. The van der Waals surface area contributed by atoms with Gasteiger partial charge in [-0.3, -0.25) is 9.59 Å². The second-order valence-corrected chi connectivity index (χ2v) is 6.93. The maximum Gasteiger partial charge on any atom is 0.340 e. The number of aryl methyl sites for hydroxylation is 1. The zero-order valence-electron chi connectivity index (χ0n) is 18.0. The lowest BCUT2D eigenvalue weighted by atomic mass is 10.1. The molecule has 0 spiro atoms. The molecule has 3 rings (SSSR count). The molecule has 32 heavy (non-hydrogen) atoms. The highest BCUT2D eigenvalue weighted by molar-refractivity contribution is 6.01. The summed E-state index contributed by atoms with van der Waals surface area (Å²) in [6.07, 6.45) is 0.574. The molecule has 0 fully saturated rings. The summed E-state index contributed by atoms with van der Waals surface area (Å²) in [6.45, 7) is 2.26. The molecule has 1 amide bonds. The molecule has 1 N–H and O–H groups in total. The molecule has 166 valence electrons. The fourth-order valence-corrected chi connectivity index (χ4v) is 3.11. The summed E-state index contributed by atoms with van der Waals surface area (Å²) in [7, 11) is 1.60. The Bertz CT molecular complexity index is 1140. The van der Waals surface area contributed by atoms with E-state index in [0.717, 1.165) is 11.3 Å². The SMILES string of the molecule is CCOC(=O)c1ccccc1NC(=O)CCCn1nc(-c2ccc(OC)cc2)ccc1=O. The normalized spacial score (nSPS) is 10.4. The Kier molecular flexibility index (Phi) is 7.75. The number of carbonyl (C=O) groups is 2. The van der Waals surface area contributed by atoms with Crippen molar-refractivity contribution in [3.8, 4) is 17.0 Å². The molecule has 0 saturated carbocycles. The first-order chi connectivity index (χ1) is 15.5. The van der Waals surface area contributed by atoms with E-state index < -0.39 is 5.97 Å². The second-order valence-electron chi connectivity index (χ2n) is 6.93. The Morgan fingerprint density at radius 3 is 2.50 bits per heavy atom. The van der Waals surface area contributed by atoms with E-state index in [1.807, 2.05) is 24.3 Å². The largest absolute Gasteiger partial charge is 0.497 e. The number of hydrogen-bond acceptors (Lipinski definition) is 6. The highest BCUT2D eigenvalue weighted by Gasteiger charge is 2.14. The maximum absolute atomic E-state index is 12.4. The van der Waals surface area contributed by atoms with Crippen LogP contribution in [0.1, 0.15) is 30.1 Å². The van der Waals surface area contributed by atoms with Gasteiger partial charge in [-0.05, 0) is 55.8 Å². The van der Waals surface area contributed by atoms with Gasteiger partial charge in [0.05, 0.1) is 30.7 Å². The van der Waals surface area contributed by atoms with Crippen LogP contribution < -0.4 is 15.6 Å². The molecule has 8 nitrogen and oxygen atoms in total. The number of para-hydroxylation sites is 1. The second kappa shape index (κ2) is 10.9. The number of anilines is 1. The molecule has 8 heteroatoms. The molecule has 0 bridgehead atoms. The standard InChI is InChI=1S/C24H25N3O5/c1-3-32-24(30)19-7-4-5-8-21(19)25-22(28)9-6-16-27-23(29)15-14-20(26-27)17-10-12-18(31-2)13-11-17/h4-5,7-8,10-15H,3,6,9,16H2,1-2H3,(H,25,28). The third-order valence-electron chi connectivity index (χ3n) is 4.72. The van der Waals surface area contributed by atoms with E-state index in [2.05, 4.69) is 10.4 Å². The number of rotatable bonds is 9. The van der Waals surface area contributed by atoms with Crippen LogP contribution in [-0.4, -0.2) is 35.4 Å². The first-order valence-corrected chi connectivity index (χ1v) is 10.3. The number of ether oxygens (including phenoxy) is 2. The van der Waals surface area contributed by atoms with Crippen LogP contribution in [0.25, 0.3) is 11.3 Å². The maximum atomic E-state index is 12.4. The molecule has 0 saturated heterocycles. The van der Waals surface area contributed by atoms with Crippen molar-refractivity contribution >= 4 is 17.6 Å². The van der Waals surface area contributed by atoms with Crippen LogP contribution in [0.2, 0.25) is 0 Å². The molecule has 2 aromatic carbocycles. The van der Waals surface area contributed by atoms with Gasteiger partial charge >= 0.3 is 5.97 Å². The highest BCUT2D eigenvalue weighted by Crippen LogP contribution is 2.20. The van der Waals surface area contributed by atoms with Gasteiger partial charge in [-0.25, -0.2) is 9.48 Å². The molecule has 1 aromatic heterocycles. The van der Waals surface area contributed by atoms with Gasteiger partial charge in [-0.1, -0.05) is 12.1 Å². The van der Waals surface area contributed by atoms with E-state index in [0.29, 0.717) is 23.4 Å². The van der Waals surface area contributed by atoms with E-state index in [4.69, 9.17) is 9.47 Å². The van der Waals surface area contributed by atoms with Gasteiger partial charge in [-0.15, -0.1) is 0 Å². The average Bonchev–Trinajstić information content (AvgIpc) is 2.81. The number of aromatic nitrogens is 2. The Hall–Kier alpha value is -3.94. The molecule has 1 heterocycles. The monoisotopic (exact) mass is 435 g/mol. The van der Waals surface area contributed by atoms with Crippen LogP contribution in [0.5, 0.6) is 5.75 Å². The highest BCUT2D eigenvalue weighted by atomic mass is 16.5. The molecule has 0 atom stereocenters. The quantitative estimate of drug-likeness (QED) is 0.517. The molecule has 0 unspecified atom stereocenters. The van der Waals surface area contributed by atoms with Gasteiger partial charge < -0.3 is 14.8 Å². The molecule has 0 aliphatic carbocycles. The molecular weight excluding hydrogens is 410 g/mol. The molecule has 3 aromatic rings. The number of esters is 1. The van der Waals surface area contributed by atoms with E-state index in [1.54, 1.807) is 44.4 Å². The van der Waals surface area contributed by atoms with E-state index in [-0.39, 0.29) is 31.0 Å². The third-order valence-corrected chi connectivity index (χ3v) is 4.72. The summed E-state index contributed by atoms with van der Waals surface area (Å²) < 4.78 is 11.5. The predicted octanol–water partition coefficient (Wildman–Crippen LogP) is 3.51. The van der Waals surface area contributed by atoms with Crippen molar-refractivity contribution in [2.24, 2.45) is 0 Å². The fraction of sp³-hybridized carbons (Fsp3) is 0.250. The summed E-state index contributed by atoms with van der Waals surface area (Å²) in [5.74, 6) is -0.0202. The van der Waals surface area contributed by atoms with Crippen LogP contribution in [0, 0.1) is 0 Å². The van der Waals surface area contributed by atoms with Crippen LogP contribution in [-0.2, 0) is 16.1 Å². The van der Waals surface area contributed by atoms with E-state index >= 15 is 0 Å². The van der Waals surface area contributed by atoms with Gasteiger partial charge in [0.25, 0.3) is 5.56 Å². The Morgan fingerprint density at radius 2 is 1.78 bits per heavy atom.